The van der Waals surface area contributed by atoms with E-state index in [1.54, 1.807) is 10.9 Å². The van der Waals surface area contributed by atoms with E-state index in [9.17, 15) is 5.26 Å². The van der Waals surface area contributed by atoms with Gasteiger partial charge in [-0.15, -0.1) is 0 Å². The van der Waals surface area contributed by atoms with E-state index >= 15 is 0 Å². The molecule has 0 radical (unpaired) electrons. The first-order chi connectivity index (χ1) is 16.6. The Balaban J connectivity index is 1.36. The fourth-order valence-corrected chi connectivity index (χ4v) is 4.79. The summed E-state index contributed by atoms with van der Waals surface area (Å²) in [4.78, 5) is 0. The molecule has 1 unspecified atom stereocenters. The van der Waals surface area contributed by atoms with Crippen LogP contribution in [0.3, 0.4) is 0 Å². The van der Waals surface area contributed by atoms with E-state index in [0.29, 0.717) is 24.5 Å². The molecule has 2 aliphatic rings. The summed E-state index contributed by atoms with van der Waals surface area (Å²) in [5, 5.41) is 19.5. The summed E-state index contributed by atoms with van der Waals surface area (Å²) in [6, 6.07) is 10.3. The van der Waals surface area contributed by atoms with Crippen molar-refractivity contribution in [1.82, 2.24) is 19.6 Å². The second kappa shape index (κ2) is 8.19. The Hall–Kier alpha value is -3.83. The number of aromatic nitrogens is 4. The Morgan fingerprint density at radius 3 is 2.76 bits per heavy atom. The van der Waals surface area contributed by atoms with Gasteiger partial charge in [-0.25, -0.2) is 4.68 Å². The average molecular weight is 456 g/mol. The third kappa shape index (κ3) is 3.49. The van der Waals surface area contributed by atoms with Crippen molar-refractivity contribution in [2.75, 3.05) is 13.2 Å². The SMILES string of the molecule is Cc1cc2cnn(-c3cnn(C)c3)c2cc1OC1CCCc2c1ccc(C#N)c2OC1COC1. The first-order valence-electron chi connectivity index (χ1n) is 11.5. The highest BCUT2D eigenvalue weighted by atomic mass is 16.6. The quantitative estimate of drug-likeness (QED) is 0.449. The van der Waals surface area contributed by atoms with Crippen LogP contribution in [0.25, 0.3) is 16.6 Å². The van der Waals surface area contributed by atoms with Gasteiger partial charge in [0.2, 0.25) is 0 Å². The standard InChI is InChI=1S/C26H25N5O3/c1-16-8-18-11-29-31(19-12-28-30(2)13-19)23(18)9-25(16)34-24-5-3-4-22-21(24)7-6-17(10-27)26(22)33-20-14-32-15-20/h6-9,11-13,20,24H,3-5,14-15H2,1-2H3. The van der Waals surface area contributed by atoms with E-state index in [4.69, 9.17) is 14.2 Å². The van der Waals surface area contributed by atoms with Crippen LogP contribution in [0, 0.1) is 18.3 Å². The summed E-state index contributed by atoms with van der Waals surface area (Å²) in [6.07, 6.45) is 8.26. The van der Waals surface area contributed by atoms with E-state index < -0.39 is 0 Å². The topological polar surface area (TPSA) is 87.1 Å². The number of nitriles is 1. The lowest BCUT2D eigenvalue weighted by atomic mass is 9.87. The number of aryl methyl sites for hydroxylation is 2. The number of fused-ring (bicyclic) bond motifs is 2. The van der Waals surface area contributed by atoms with Crippen molar-refractivity contribution < 1.29 is 14.2 Å². The molecule has 8 nitrogen and oxygen atoms in total. The van der Waals surface area contributed by atoms with Gasteiger partial charge in [0.05, 0.1) is 42.9 Å². The predicted octanol–water partition coefficient (Wildman–Crippen LogP) is 4.17. The van der Waals surface area contributed by atoms with Gasteiger partial charge in [0.1, 0.15) is 35.5 Å². The molecule has 4 aromatic rings. The molecule has 1 fully saturated rings. The Morgan fingerprint density at radius 1 is 1.15 bits per heavy atom. The molecule has 1 aliphatic carbocycles. The zero-order chi connectivity index (χ0) is 23.2. The smallest absolute Gasteiger partial charge is 0.145 e. The number of ether oxygens (including phenoxy) is 3. The molecule has 0 N–H and O–H groups in total. The highest BCUT2D eigenvalue weighted by Gasteiger charge is 2.29. The van der Waals surface area contributed by atoms with Crippen LogP contribution in [0.2, 0.25) is 0 Å². The summed E-state index contributed by atoms with van der Waals surface area (Å²) in [5.74, 6) is 1.53. The zero-order valence-electron chi connectivity index (χ0n) is 19.2. The largest absolute Gasteiger partial charge is 0.485 e. The van der Waals surface area contributed by atoms with Gasteiger partial charge in [-0.1, -0.05) is 6.07 Å². The highest BCUT2D eigenvalue weighted by molar-refractivity contribution is 5.83. The lowest BCUT2D eigenvalue weighted by Crippen LogP contribution is -2.39. The van der Waals surface area contributed by atoms with Gasteiger partial charge >= 0.3 is 0 Å². The van der Waals surface area contributed by atoms with Gasteiger partial charge in [-0.3, -0.25) is 4.68 Å². The minimum absolute atomic E-state index is 0.0114. The molecule has 8 heteroatoms. The first kappa shape index (κ1) is 20.8. The maximum atomic E-state index is 9.66. The first-order valence-corrected chi connectivity index (χ1v) is 11.5. The summed E-state index contributed by atoms with van der Waals surface area (Å²) >= 11 is 0. The lowest BCUT2D eigenvalue weighted by molar-refractivity contribution is -0.0802. The minimum Gasteiger partial charge on any atom is -0.485 e. The molecule has 1 aliphatic heterocycles. The molecule has 0 amide bonds. The Labute approximate surface area is 197 Å². The van der Waals surface area contributed by atoms with Gasteiger partial charge < -0.3 is 14.2 Å². The molecule has 6 rings (SSSR count). The Bertz CT molecular complexity index is 1430. The predicted molar refractivity (Wildman–Crippen MR) is 125 cm³/mol. The van der Waals surface area contributed by atoms with Crippen LogP contribution in [0.5, 0.6) is 11.5 Å². The zero-order valence-corrected chi connectivity index (χ0v) is 19.2. The van der Waals surface area contributed by atoms with Crippen LogP contribution in [0.1, 0.15) is 41.2 Å². The fraction of sp³-hybridized carbons (Fsp3) is 0.346. The Morgan fingerprint density at radius 2 is 2.03 bits per heavy atom. The molecule has 0 bridgehead atoms. The van der Waals surface area contributed by atoms with Gasteiger partial charge in [-0.2, -0.15) is 15.5 Å². The maximum absolute atomic E-state index is 9.66. The van der Waals surface area contributed by atoms with E-state index in [0.717, 1.165) is 58.3 Å². The van der Waals surface area contributed by atoms with Gasteiger partial charge in [0, 0.05) is 24.1 Å². The van der Waals surface area contributed by atoms with E-state index in [2.05, 4.69) is 35.3 Å². The van der Waals surface area contributed by atoms with Crippen LogP contribution < -0.4 is 9.47 Å². The van der Waals surface area contributed by atoms with Crippen molar-refractivity contribution in [3.05, 3.63) is 65.1 Å². The molecule has 1 saturated heterocycles. The summed E-state index contributed by atoms with van der Waals surface area (Å²) in [5.41, 5.74) is 5.69. The van der Waals surface area contributed by atoms with Crippen LogP contribution in [-0.2, 0) is 18.2 Å². The van der Waals surface area contributed by atoms with Crippen molar-refractivity contribution >= 4 is 10.9 Å². The third-order valence-electron chi connectivity index (χ3n) is 6.62. The fourth-order valence-electron chi connectivity index (χ4n) is 4.79. The number of hydrogen-bond donors (Lipinski definition) is 0. The van der Waals surface area contributed by atoms with Crippen LogP contribution >= 0.6 is 0 Å². The number of hydrogen-bond acceptors (Lipinski definition) is 6. The second-order valence-electron chi connectivity index (χ2n) is 9.00. The van der Waals surface area contributed by atoms with E-state index in [1.165, 1.54) is 0 Å². The van der Waals surface area contributed by atoms with E-state index in [1.807, 2.05) is 36.3 Å². The molecule has 172 valence electrons. The number of rotatable bonds is 5. The number of nitrogens with zero attached hydrogens (tertiary/aromatic N) is 5. The molecule has 1 atom stereocenters. The van der Waals surface area contributed by atoms with Crippen molar-refractivity contribution in [3.8, 4) is 23.3 Å². The summed E-state index contributed by atoms with van der Waals surface area (Å²) in [7, 11) is 1.89. The van der Waals surface area contributed by atoms with Gasteiger partial charge in [0.15, 0.2) is 0 Å². The molecule has 34 heavy (non-hydrogen) atoms. The second-order valence-corrected chi connectivity index (χ2v) is 9.00. The van der Waals surface area contributed by atoms with Crippen molar-refractivity contribution in [2.24, 2.45) is 7.05 Å². The van der Waals surface area contributed by atoms with Crippen LogP contribution in [0.4, 0.5) is 0 Å². The van der Waals surface area contributed by atoms with Crippen molar-refractivity contribution in [3.63, 3.8) is 0 Å². The molecule has 0 spiro atoms. The van der Waals surface area contributed by atoms with Crippen LogP contribution in [-0.4, -0.2) is 38.9 Å². The summed E-state index contributed by atoms with van der Waals surface area (Å²) in [6.45, 7) is 3.19. The van der Waals surface area contributed by atoms with Gasteiger partial charge in [0.25, 0.3) is 0 Å². The molecular formula is C26H25N5O3. The third-order valence-corrected chi connectivity index (χ3v) is 6.62. The lowest BCUT2D eigenvalue weighted by Gasteiger charge is -2.32. The maximum Gasteiger partial charge on any atom is 0.145 e. The molecule has 2 aromatic carbocycles. The van der Waals surface area contributed by atoms with Crippen molar-refractivity contribution in [2.45, 2.75) is 38.4 Å². The van der Waals surface area contributed by atoms with Crippen LogP contribution in [0.15, 0.2) is 42.9 Å². The molecule has 2 aromatic heterocycles. The Kier molecular flexibility index (Phi) is 5.00. The monoisotopic (exact) mass is 455 g/mol. The van der Waals surface area contributed by atoms with Crippen molar-refractivity contribution in [1.29, 1.82) is 5.26 Å². The minimum atomic E-state index is -0.109. The molecular weight excluding hydrogens is 430 g/mol. The highest BCUT2D eigenvalue weighted by Crippen LogP contribution is 2.41. The average Bonchev–Trinajstić information content (AvgIpc) is 3.42. The normalized spacial score (nSPS) is 17.7. The molecule has 0 saturated carbocycles. The van der Waals surface area contributed by atoms with E-state index in [-0.39, 0.29) is 12.2 Å². The number of benzene rings is 2. The summed E-state index contributed by atoms with van der Waals surface area (Å²) < 4.78 is 21.7. The molecule has 3 heterocycles. The van der Waals surface area contributed by atoms with Gasteiger partial charge in [-0.05, 0) is 49.4 Å².